The average molecular weight is 538 g/mol. The Labute approximate surface area is 219 Å². The second-order valence-electron chi connectivity index (χ2n) is 10.5. The van der Waals surface area contributed by atoms with Gasteiger partial charge in [0.1, 0.15) is 11.2 Å². The molecule has 0 aliphatic carbocycles. The first kappa shape index (κ1) is 26.8. The quantitative estimate of drug-likeness (QED) is 0.388. The summed E-state index contributed by atoms with van der Waals surface area (Å²) < 4.78 is 14.9. The van der Waals surface area contributed by atoms with Crippen LogP contribution in [-0.2, 0) is 15.0 Å². The van der Waals surface area contributed by atoms with E-state index in [1.165, 1.54) is 12.1 Å². The number of hydrogen-bond acceptors (Lipinski definition) is 5. The molecule has 2 heterocycles. The fourth-order valence-corrected chi connectivity index (χ4v) is 6.03. The van der Waals surface area contributed by atoms with Gasteiger partial charge in [-0.2, -0.15) is 0 Å². The van der Waals surface area contributed by atoms with Crippen molar-refractivity contribution in [3.8, 4) is 0 Å². The zero-order valence-corrected chi connectivity index (χ0v) is 21.8. The Morgan fingerprint density at radius 1 is 1.25 bits per heavy atom. The van der Waals surface area contributed by atoms with Crippen LogP contribution >= 0.6 is 23.2 Å². The topological polar surface area (TPSA) is 111 Å². The van der Waals surface area contributed by atoms with E-state index in [9.17, 15) is 19.1 Å². The van der Waals surface area contributed by atoms with Crippen molar-refractivity contribution in [3.05, 3.63) is 63.4 Å². The van der Waals surface area contributed by atoms with Crippen molar-refractivity contribution in [2.45, 2.75) is 56.7 Å². The van der Waals surface area contributed by atoms with Crippen LogP contribution in [0.25, 0.3) is 0 Å². The lowest BCUT2D eigenvalue weighted by Gasteiger charge is -2.41. The number of aliphatic hydroxyl groups excluding tert-OH is 2. The van der Waals surface area contributed by atoms with Gasteiger partial charge in [-0.25, -0.2) is 4.39 Å². The van der Waals surface area contributed by atoms with E-state index in [-0.39, 0.29) is 29.8 Å². The number of nitrogens with one attached hydrogen (secondary N) is 3. The third-order valence-corrected chi connectivity index (χ3v) is 7.62. The van der Waals surface area contributed by atoms with E-state index in [2.05, 4.69) is 16.0 Å². The maximum atomic E-state index is 14.9. The van der Waals surface area contributed by atoms with Crippen molar-refractivity contribution < 1.29 is 24.2 Å². The van der Waals surface area contributed by atoms with Crippen molar-refractivity contribution in [2.24, 2.45) is 5.41 Å². The molecule has 2 amide bonds. The van der Waals surface area contributed by atoms with Crippen LogP contribution in [0, 0.1) is 11.2 Å². The summed E-state index contributed by atoms with van der Waals surface area (Å²) in [5.41, 5.74) is -0.403. The van der Waals surface area contributed by atoms with E-state index in [1.54, 1.807) is 24.3 Å². The van der Waals surface area contributed by atoms with Crippen molar-refractivity contribution in [3.63, 3.8) is 0 Å². The number of benzene rings is 2. The van der Waals surface area contributed by atoms with E-state index in [0.717, 1.165) is 0 Å². The van der Waals surface area contributed by atoms with Crippen LogP contribution in [0.1, 0.15) is 44.2 Å². The number of rotatable bonds is 6. The molecule has 4 rings (SSSR count). The van der Waals surface area contributed by atoms with Gasteiger partial charge in [-0.15, -0.1) is 0 Å². The molecule has 2 aromatic rings. The Kier molecular flexibility index (Phi) is 7.38. The lowest BCUT2D eigenvalue weighted by Crippen LogP contribution is -2.54. The largest absolute Gasteiger partial charge is 0.394 e. The van der Waals surface area contributed by atoms with Crippen LogP contribution < -0.4 is 16.0 Å². The Morgan fingerprint density at radius 2 is 1.97 bits per heavy atom. The zero-order chi connectivity index (χ0) is 26.4. The van der Waals surface area contributed by atoms with E-state index >= 15 is 0 Å². The molecule has 2 aliphatic rings. The Balaban J connectivity index is 1.90. The van der Waals surface area contributed by atoms with Gasteiger partial charge in [0.25, 0.3) is 0 Å². The maximum absolute atomic E-state index is 14.9. The van der Waals surface area contributed by atoms with Gasteiger partial charge in [0, 0.05) is 29.2 Å². The predicted molar refractivity (Wildman–Crippen MR) is 137 cm³/mol. The molecule has 1 spiro atoms. The van der Waals surface area contributed by atoms with Crippen LogP contribution in [-0.4, -0.2) is 53.4 Å². The van der Waals surface area contributed by atoms with E-state index < -0.39 is 47.4 Å². The second kappa shape index (κ2) is 9.91. The number of fused-ring (bicyclic) bond motifs is 2. The Bertz CT molecular complexity index is 1190. The molecule has 0 saturated carbocycles. The molecule has 36 heavy (non-hydrogen) atoms. The van der Waals surface area contributed by atoms with Crippen LogP contribution in [0.2, 0.25) is 10.0 Å². The molecular weight excluding hydrogens is 508 g/mol. The molecule has 2 aromatic carbocycles. The van der Waals surface area contributed by atoms with Gasteiger partial charge in [0.05, 0.1) is 23.8 Å². The fraction of sp³-hybridized carbons (Fsp3) is 0.462. The highest BCUT2D eigenvalue weighted by Gasteiger charge is 2.67. The molecule has 0 unspecified atom stereocenters. The van der Waals surface area contributed by atoms with Crippen molar-refractivity contribution in [2.75, 3.05) is 18.5 Å². The summed E-state index contributed by atoms with van der Waals surface area (Å²) in [6.45, 7) is 5.58. The van der Waals surface area contributed by atoms with Crippen LogP contribution in [0.3, 0.4) is 0 Å². The minimum atomic E-state index is -1.35. The van der Waals surface area contributed by atoms with Crippen molar-refractivity contribution in [1.29, 1.82) is 0 Å². The first-order valence-corrected chi connectivity index (χ1v) is 12.6. The van der Waals surface area contributed by atoms with Gasteiger partial charge in [0.2, 0.25) is 11.8 Å². The standard InChI is InChI=1S/C26H30Cl2FN3O4/c1-25(2,3)23-26(16-10-18(29)17(28)11-19(16)31-24(26)36)20(13-5-4-6-14(27)9-13)21(32-23)22(35)30-8-7-15(34)12-33/h4-6,9-11,15,20-21,23,32-34H,7-8,12H2,1-3H3,(H,30,35)(H,31,36)/t15-,20-,21+,23+,26-/m0/s1. The summed E-state index contributed by atoms with van der Waals surface area (Å²) in [7, 11) is 0. The molecule has 0 radical (unpaired) electrons. The second-order valence-corrected chi connectivity index (χ2v) is 11.4. The lowest BCUT2D eigenvalue weighted by atomic mass is 9.60. The zero-order valence-electron chi connectivity index (χ0n) is 20.2. The summed E-state index contributed by atoms with van der Waals surface area (Å²) in [5.74, 6) is -2.14. The third-order valence-electron chi connectivity index (χ3n) is 7.10. The van der Waals surface area contributed by atoms with Crippen LogP contribution in [0.15, 0.2) is 36.4 Å². The molecule has 5 atom stereocenters. The molecule has 2 aliphatic heterocycles. The third kappa shape index (κ3) is 4.50. The molecule has 5 N–H and O–H groups in total. The molecule has 0 aromatic heterocycles. The van der Waals surface area contributed by atoms with Crippen molar-refractivity contribution >= 4 is 40.7 Å². The van der Waals surface area contributed by atoms with E-state index in [0.29, 0.717) is 21.8 Å². The van der Waals surface area contributed by atoms with Crippen molar-refractivity contribution in [1.82, 2.24) is 10.6 Å². The predicted octanol–water partition coefficient (Wildman–Crippen LogP) is 3.35. The smallest absolute Gasteiger partial charge is 0.237 e. The number of carbonyl (C=O) groups excluding carboxylic acids is 2. The number of aliphatic hydroxyl groups is 2. The molecule has 10 heteroatoms. The number of halogens is 3. The van der Waals surface area contributed by atoms with Gasteiger partial charge < -0.3 is 26.2 Å². The first-order chi connectivity index (χ1) is 16.9. The van der Waals surface area contributed by atoms with Crippen LogP contribution in [0.4, 0.5) is 10.1 Å². The van der Waals surface area contributed by atoms with Gasteiger partial charge in [-0.05, 0) is 47.2 Å². The SMILES string of the molecule is CC(C)(C)[C@H]1N[C@@H](C(=O)NCC[C@H](O)CO)[C@H](c2cccc(Cl)c2)[C@]12C(=O)Nc1cc(Cl)c(F)cc12. The summed E-state index contributed by atoms with van der Waals surface area (Å²) >= 11 is 12.4. The summed E-state index contributed by atoms with van der Waals surface area (Å²) in [6, 6.07) is 8.20. The van der Waals surface area contributed by atoms with E-state index in [1.807, 2.05) is 20.8 Å². The van der Waals surface area contributed by atoms with Gasteiger partial charge >= 0.3 is 0 Å². The number of amides is 2. The summed E-state index contributed by atoms with van der Waals surface area (Å²) in [5, 5.41) is 28.2. The monoisotopic (exact) mass is 537 g/mol. The Hall–Kier alpha value is -2.23. The lowest BCUT2D eigenvalue weighted by molar-refractivity contribution is -0.124. The molecular formula is C26H30Cl2FN3O4. The number of hydrogen-bond donors (Lipinski definition) is 5. The van der Waals surface area contributed by atoms with Gasteiger partial charge in [0.15, 0.2) is 0 Å². The summed E-state index contributed by atoms with van der Waals surface area (Å²) in [4.78, 5) is 27.5. The highest BCUT2D eigenvalue weighted by atomic mass is 35.5. The van der Waals surface area contributed by atoms with E-state index in [4.69, 9.17) is 28.3 Å². The first-order valence-electron chi connectivity index (χ1n) is 11.8. The highest BCUT2D eigenvalue weighted by Crippen LogP contribution is 2.58. The number of carbonyl (C=O) groups is 2. The molecule has 194 valence electrons. The molecule has 1 saturated heterocycles. The number of anilines is 1. The molecule has 0 bridgehead atoms. The van der Waals surface area contributed by atoms with Crippen LogP contribution in [0.5, 0.6) is 0 Å². The van der Waals surface area contributed by atoms with Gasteiger partial charge in [-0.1, -0.05) is 56.1 Å². The fourth-order valence-electron chi connectivity index (χ4n) is 5.66. The molecule has 7 nitrogen and oxygen atoms in total. The normalized spacial score (nSPS) is 26.1. The highest BCUT2D eigenvalue weighted by molar-refractivity contribution is 6.31. The van der Waals surface area contributed by atoms with Gasteiger partial charge in [-0.3, -0.25) is 9.59 Å². The maximum Gasteiger partial charge on any atom is 0.237 e. The minimum Gasteiger partial charge on any atom is -0.394 e. The minimum absolute atomic E-state index is 0.111. The molecule has 1 fully saturated rings. The average Bonchev–Trinajstić information content (AvgIpc) is 3.30. The summed E-state index contributed by atoms with van der Waals surface area (Å²) in [6.07, 6.45) is -0.795. The Morgan fingerprint density at radius 3 is 2.61 bits per heavy atom.